The van der Waals surface area contributed by atoms with Gasteiger partial charge in [-0.05, 0) is 30.9 Å². The second-order valence-corrected chi connectivity index (χ2v) is 6.08. The molecule has 0 bridgehead atoms. The molecule has 2 rings (SSSR count). The normalized spacial score (nSPS) is 26.0. The highest BCUT2D eigenvalue weighted by atomic mass is 35.5. The van der Waals surface area contributed by atoms with E-state index in [1.807, 2.05) is 32.0 Å². The van der Waals surface area contributed by atoms with E-state index in [0.29, 0.717) is 17.9 Å². The molecule has 0 aliphatic heterocycles. The van der Waals surface area contributed by atoms with Gasteiger partial charge in [0.05, 0.1) is 6.07 Å². The first kappa shape index (κ1) is 13.1. The Kier molecular flexibility index (Phi) is 3.21. The zero-order valence-corrected chi connectivity index (χ0v) is 11.4. The zero-order valence-electron chi connectivity index (χ0n) is 10.7. The molecule has 1 atom stereocenters. The summed E-state index contributed by atoms with van der Waals surface area (Å²) in [5.74, 6) is 0.0532. The summed E-state index contributed by atoms with van der Waals surface area (Å²) in [6.45, 7) is 3.84. The maximum Gasteiger partial charge on any atom is 0.158 e. The molecule has 1 aromatic rings. The summed E-state index contributed by atoms with van der Waals surface area (Å²) in [5, 5.41) is 10.1. The Bertz CT molecular complexity index is 530. The van der Waals surface area contributed by atoms with E-state index in [4.69, 9.17) is 11.6 Å². The number of hydrogen-bond acceptors (Lipinski definition) is 2. The number of ketones is 1. The van der Waals surface area contributed by atoms with Gasteiger partial charge in [-0.25, -0.2) is 0 Å². The molecule has 1 fully saturated rings. The van der Waals surface area contributed by atoms with Crippen LogP contribution in [0.5, 0.6) is 0 Å². The SMILES string of the molecule is CC1(C)CCC(C#N)(Cc2ccccc2Cl)C1=O. The summed E-state index contributed by atoms with van der Waals surface area (Å²) in [6, 6.07) is 9.68. The van der Waals surface area contributed by atoms with Gasteiger partial charge < -0.3 is 0 Å². The highest BCUT2D eigenvalue weighted by Gasteiger charge is 2.52. The minimum atomic E-state index is -0.894. The molecule has 1 aliphatic rings. The van der Waals surface area contributed by atoms with Crippen LogP contribution < -0.4 is 0 Å². The number of Topliss-reactive ketones (excluding diaryl/α,β-unsaturated/α-hetero) is 1. The van der Waals surface area contributed by atoms with Crippen LogP contribution in [0.2, 0.25) is 5.02 Å². The lowest BCUT2D eigenvalue weighted by molar-refractivity contribution is -0.130. The number of rotatable bonds is 2. The molecule has 18 heavy (non-hydrogen) atoms. The fourth-order valence-corrected chi connectivity index (χ4v) is 2.88. The molecule has 0 aromatic heterocycles. The lowest BCUT2D eigenvalue weighted by Gasteiger charge is -2.22. The lowest BCUT2D eigenvalue weighted by Crippen LogP contribution is -2.33. The Morgan fingerprint density at radius 3 is 2.50 bits per heavy atom. The van der Waals surface area contributed by atoms with Crippen LogP contribution in [0, 0.1) is 22.2 Å². The summed E-state index contributed by atoms with van der Waals surface area (Å²) >= 11 is 6.12. The largest absolute Gasteiger partial charge is 0.297 e. The fourth-order valence-electron chi connectivity index (χ4n) is 2.68. The smallest absolute Gasteiger partial charge is 0.158 e. The molecule has 0 N–H and O–H groups in total. The highest BCUT2D eigenvalue weighted by molar-refractivity contribution is 6.31. The van der Waals surface area contributed by atoms with Crippen LogP contribution in [0.4, 0.5) is 0 Å². The second kappa shape index (κ2) is 4.40. The third-order valence-electron chi connectivity index (χ3n) is 3.89. The molecule has 94 valence electrons. The van der Waals surface area contributed by atoms with Gasteiger partial charge in [0.2, 0.25) is 0 Å². The summed E-state index contributed by atoms with van der Waals surface area (Å²) < 4.78 is 0. The quantitative estimate of drug-likeness (QED) is 0.813. The van der Waals surface area contributed by atoms with Crippen molar-refractivity contribution in [1.82, 2.24) is 0 Å². The Hall–Kier alpha value is -1.33. The van der Waals surface area contributed by atoms with E-state index in [0.717, 1.165) is 12.0 Å². The fraction of sp³-hybridized carbons (Fsp3) is 0.467. The first-order valence-electron chi connectivity index (χ1n) is 6.11. The van der Waals surface area contributed by atoms with Gasteiger partial charge in [0.15, 0.2) is 5.78 Å². The predicted octanol–water partition coefficient (Wildman–Crippen LogP) is 3.78. The van der Waals surface area contributed by atoms with Gasteiger partial charge in [-0.2, -0.15) is 5.26 Å². The van der Waals surface area contributed by atoms with Crippen LogP contribution in [0.25, 0.3) is 0 Å². The molecular weight excluding hydrogens is 246 g/mol. The average molecular weight is 262 g/mol. The van der Waals surface area contributed by atoms with Crippen LogP contribution in [0.3, 0.4) is 0 Å². The number of carbonyl (C=O) groups is 1. The first-order chi connectivity index (χ1) is 8.41. The lowest BCUT2D eigenvalue weighted by atomic mass is 9.77. The van der Waals surface area contributed by atoms with Crippen molar-refractivity contribution in [2.24, 2.45) is 10.8 Å². The van der Waals surface area contributed by atoms with E-state index >= 15 is 0 Å². The number of benzene rings is 1. The molecule has 0 heterocycles. The molecule has 0 amide bonds. The second-order valence-electron chi connectivity index (χ2n) is 5.68. The van der Waals surface area contributed by atoms with Crippen LogP contribution >= 0.6 is 11.6 Å². The van der Waals surface area contributed by atoms with Crippen molar-refractivity contribution in [3.8, 4) is 6.07 Å². The molecule has 0 saturated heterocycles. The minimum absolute atomic E-state index is 0.0532. The molecule has 0 radical (unpaired) electrons. The van der Waals surface area contributed by atoms with Crippen molar-refractivity contribution in [2.75, 3.05) is 0 Å². The topological polar surface area (TPSA) is 40.9 Å². The third kappa shape index (κ3) is 2.04. The van der Waals surface area contributed by atoms with Crippen molar-refractivity contribution >= 4 is 17.4 Å². The van der Waals surface area contributed by atoms with Gasteiger partial charge in [-0.1, -0.05) is 43.6 Å². The number of halogens is 1. The highest BCUT2D eigenvalue weighted by Crippen LogP contribution is 2.47. The number of carbonyl (C=O) groups excluding carboxylic acids is 1. The molecule has 0 spiro atoms. The zero-order chi connectivity index (χ0) is 13.4. The van der Waals surface area contributed by atoms with Gasteiger partial charge in [0.25, 0.3) is 0 Å². The molecular formula is C15H16ClNO. The molecule has 2 nitrogen and oxygen atoms in total. The van der Waals surface area contributed by atoms with Gasteiger partial charge in [-0.15, -0.1) is 0 Å². The van der Waals surface area contributed by atoms with Gasteiger partial charge >= 0.3 is 0 Å². The van der Waals surface area contributed by atoms with E-state index in [1.54, 1.807) is 6.07 Å². The average Bonchev–Trinajstić information content (AvgIpc) is 2.57. The Morgan fingerprint density at radius 1 is 1.33 bits per heavy atom. The van der Waals surface area contributed by atoms with E-state index in [2.05, 4.69) is 6.07 Å². The Morgan fingerprint density at radius 2 is 2.00 bits per heavy atom. The van der Waals surface area contributed by atoms with Crippen molar-refractivity contribution in [1.29, 1.82) is 5.26 Å². The molecule has 3 heteroatoms. The summed E-state index contributed by atoms with van der Waals surface area (Å²) in [7, 11) is 0. The number of nitriles is 1. The van der Waals surface area contributed by atoms with Crippen molar-refractivity contribution in [3.63, 3.8) is 0 Å². The Balaban J connectivity index is 2.35. The summed E-state index contributed by atoms with van der Waals surface area (Å²) in [4.78, 5) is 12.4. The molecule has 1 unspecified atom stereocenters. The van der Waals surface area contributed by atoms with Crippen LogP contribution in [-0.4, -0.2) is 5.78 Å². The predicted molar refractivity (Wildman–Crippen MR) is 71.2 cm³/mol. The van der Waals surface area contributed by atoms with Crippen molar-refractivity contribution < 1.29 is 4.79 Å². The van der Waals surface area contributed by atoms with Crippen LogP contribution in [-0.2, 0) is 11.2 Å². The first-order valence-corrected chi connectivity index (χ1v) is 6.49. The summed E-state index contributed by atoms with van der Waals surface area (Å²) in [6.07, 6.45) is 1.82. The van der Waals surface area contributed by atoms with Crippen molar-refractivity contribution in [2.45, 2.75) is 33.1 Å². The van der Waals surface area contributed by atoms with E-state index in [1.165, 1.54) is 0 Å². The summed E-state index contributed by atoms with van der Waals surface area (Å²) in [5.41, 5.74) is -0.405. The van der Waals surface area contributed by atoms with Crippen LogP contribution in [0.15, 0.2) is 24.3 Å². The maximum atomic E-state index is 12.4. The van der Waals surface area contributed by atoms with Crippen LogP contribution in [0.1, 0.15) is 32.3 Å². The maximum absolute atomic E-state index is 12.4. The monoisotopic (exact) mass is 261 g/mol. The minimum Gasteiger partial charge on any atom is -0.297 e. The number of hydrogen-bond donors (Lipinski definition) is 0. The van der Waals surface area contributed by atoms with Gasteiger partial charge in [0, 0.05) is 10.4 Å². The standard InChI is InChI=1S/C15H16ClNO/c1-14(2)7-8-15(10-17,13(14)18)9-11-5-3-4-6-12(11)16/h3-6H,7-9H2,1-2H3. The molecule has 1 saturated carbocycles. The molecule has 1 aliphatic carbocycles. The Labute approximate surface area is 113 Å². The number of nitrogens with zero attached hydrogens (tertiary/aromatic N) is 1. The third-order valence-corrected chi connectivity index (χ3v) is 4.26. The molecule has 1 aromatic carbocycles. The van der Waals surface area contributed by atoms with E-state index in [-0.39, 0.29) is 5.78 Å². The van der Waals surface area contributed by atoms with E-state index < -0.39 is 10.8 Å². The van der Waals surface area contributed by atoms with Crippen molar-refractivity contribution in [3.05, 3.63) is 34.9 Å². The van der Waals surface area contributed by atoms with Gasteiger partial charge in [0.1, 0.15) is 5.41 Å². The van der Waals surface area contributed by atoms with Gasteiger partial charge in [-0.3, -0.25) is 4.79 Å². The van der Waals surface area contributed by atoms with E-state index in [9.17, 15) is 10.1 Å².